The number of nitrogens with two attached hydrogens (primary N) is 1. The van der Waals surface area contributed by atoms with Crippen molar-refractivity contribution in [3.05, 3.63) is 24.0 Å². The second-order valence-electron chi connectivity index (χ2n) is 3.71. The summed E-state index contributed by atoms with van der Waals surface area (Å²) < 4.78 is 0. The molecular weight excluding hydrogens is 164 g/mol. The van der Waals surface area contributed by atoms with Crippen molar-refractivity contribution >= 4 is 0 Å². The van der Waals surface area contributed by atoms with Gasteiger partial charge in [0.05, 0.1) is 6.20 Å². The monoisotopic (exact) mass is 178 g/mol. The first-order valence-electron chi connectivity index (χ1n) is 4.66. The van der Waals surface area contributed by atoms with Crippen LogP contribution in [0.3, 0.4) is 0 Å². The highest BCUT2D eigenvalue weighted by molar-refractivity contribution is 5.21. The Balaban J connectivity index is 2.13. The fraction of sp³-hybridized carbons (Fsp3) is 0.500. The second-order valence-corrected chi connectivity index (χ2v) is 3.71. The number of aromatic hydroxyl groups is 1. The molecule has 0 saturated heterocycles. The molecule has 3 N–H and O–H groups in total. The van der Waals surface area contributed by atoms with E-state index in [9.17, 15) is 0 Å². The quantitative estimate of drug-likeness (QED) is 0.683. The van der Waals surface area contributed by atoms with E-state index >= 15 is 0 Å². The summed E-state index contributed by atoms with van der Waals surface area (Å²) >= 11 is 0. The Hall–Kier alpha value is -1.09. The first-order valence-corrected chi connectivity index (χ1v) is 4.66. The molecule has 70 valence electrons. The van der Waals surface area contributed by atoms with Gasteiger partial charge in [0.25, 0.3) is 0 Å². The van der Waals surface area contributed by atoms with E-state index in [2.05, 4.69) is 4.98 Å². The summed E-state index contributed by atoms with van der Waals surface area (Å²) in [5, 5.41) is 9.06. The van der Waals surface area contributed by atoms with Gasteiger partial charge in [0.15, 0.2) is 0 Å². The second kappa shape index (κ2) is 3.34. The van der Waals surface area contributed by atoms with Crippen molar-refractivity contribution in [1.82, 2.24) is 4.98 Å². The van der Waals surface area contributed by atoms with E-state index in [1.54, 1.807) is 6.07 Å². The van der Waals surface area contributed by atoms with Crippen LogP contribution >= 0.6 is 0 Å². The zero-order valence-corrected chi connectivity index (χ0v) is 7.48. The van der Waals surface area contributed by atoms with Crippen LogP contribution in [0.4, 0.5) is 0 Å². The van der Waals surface area contributed by atoms with Crippen molar-refractivity contribution in [2.45, 2.75) is 31.2 Å². The van der Waals surface area contributed by atoms with Crippen LogP contribution in [0.2, 0.25) is 0 Å². The topological polar surface area (TPSA) is 59.1 Å². The summed E-state index contributed by atoms with van der Waals surface area (Å²) in [6.45, 7) is 0. The van der Waals surface area contributed by atoms with Crippen LogP contribution < -0.4 is 5.73 Å². The van der Waals surface area contributed by atoms with Gasteiger partial charge in [-0.2, -0.15) is 0 Å². The molecule has 0 aliphatic heterocycles. The van der Waals surface area contributed by atoms with Gasteiger partial charge < -0.3 is 10.8 Å². The van der Waals surface area contributed by atoms with Gasteiger partial charge in [0, 0.05) is 17.7 Å². The van der Waals surface area contributed by atoms with Gasteiger partial charge in [-0.05, 0) is 31.4 Å². The highest BCUT2D eigenvalue weighted by Crippen LogP contribution is 2.32. The maximum absolute atomic E-state index is 9.06. The highest BCUT2D eigenvalue weighted by atomic mass is 16.3. The minimum absolute atomic E-state index is 0.228. The Labute approximate surface area is 77.6 Å². The van der Waals surface area contributed by atoms with Crippen LogP contribution in [0, 0.1) is 0 Å². The van der Waals surface area contributed by atoms with E-state index in [0.717, 1.165) is 25.0 Å². The van der Waals surface area contributed by atoms with Gasteiger partial charge in [-0.15, -0.1) is 0 Å². The van der Waals surface area contributed by atoms with E-state index < -0.39 is 0 Å². The van der Waals surface area contributed by atoms with Gasteiger partial charge in [-0.1, -0.05) is 0 Å². The number of pyridine rings is 1. The fourth-order valence-corrected chi connectivity index (χ4v) is 1.92. The molecule has 2 atom stereocenters. The third-order valence-electron chi connectivity index (χ3n) is 2.66. The molecule has 3 heteroatoms. The molecule has 1 heterocycles. The van der Waals surface area contributed by atoms with Gasteiger partial charge in [0.1, 0.15) is 5.75 Å². The molecule has 3 nitrogen and oxygen atoms in total. The van der Waals surface area contributed by atoms with Gasteiger partial charge >= 0.3 is 0 Å². The molecule has 0 radical (unpaired) electrons. The van der Waals surface area contributed by atoms with Crippen molar-refractivity contribution in [2.24, 2.45) is 5.73 Å². The molecule has 1 aliphatic carbocycles. The molecule has 0 bridgehead atoms. The lowest BCUT2D eigenvalue weighted by molar-refractivity contribution is 0.471. The van der Waals surface area contributed by atoms with Crippen molar-refractivity contribution in [2.75, 3.05) is 0 Å². The predicted octanol–water partition coefficient (Wildman–Crippen LogP) is 1.38. The summed E-state index contributed by atoms with van der Waals surface area (Å²) in [5.41, 5.74) is 6.88. The molecular formula is C10H14N2O. The summed E-state index contributed by atoms with van der Waals surface area (Å²) in [6, 6.07) is 3.91. The Bertz CT molecular complexity index is 283. The van der Waals surface area contributed by atoms with E-state index in [4.69, 9.17) is 10.8 Å². The highest BCUT2D eigenvalue weighted by Gasteiger charge is 2.23. The van der Waals surface area contributed by atoms with Gasteiger partial charge in [0.2, 0.25) is 0 Å². The van der Waals surface area contributed by atoms with Crippen molar-refractivity contribution in [1.29, 1.82) is 0 Å². The SMILES string of the molecule is NC1CCC(c2ccc(O)cn2)C1. The lowest BCUT2D eigenvalue weighted by atomic mass is 10.0. The number of rotatable bonds is 1. The molecule has 2 rings (SSSR count). The minimum Gasteiger partial charge on any atom is -0.506 e. The van der Waals surface area contributed by atoms with Crippen molar-refractivity contribution in [3.63, 3.8) is 0 Å². The summed E-state index contributed by atoms with van der Waals surface area (Å²) in [4.78, 5) is 4.19. The Morgan fingerprint density at radius 1 is 1.38 bits per heavy atom. The Morgan fingerprint density at radius 2 is 2.23 bits per heavy atom. The summed E-state index contributed by atoms with van der Waals surface area (Å²) in [5.74, 6) is 0.724. The molecule has 2 unspecified atom stereocenters. The maximum atomic E-state index is 9.06. The van der Waals surface area contributed by atoms with Crippen LogP contribution in [0.25, 0.3) is 0 Å². The number of hydrogen-bond acceptors (Lipinski definition) is 3. The Kier molecular flexibility index (Phi) is 2.19. The molecule has 1 aliphatic rings. The third-order valence-corrected chi connectivity index (χ3v) is 2.66. The first-order chi connectivity index (χ1) is 6.25. The third kappa shape index (κ3) is 1.80. The van der Waals surface area contributed by atoms with Crippen LogP contribution in [0.1, 0.15) is 30.9 Å². The number of aromatic nitrogens is 1. The normalized spacial score (nSPS) is 27.8. The van der Waals surface area contributed by atoms with E-state index in [-0.39, 0.29) is 5.75 Å². The van der Waals surface area contributed by atoms with Crippen LogP contribution in [0.5, 0.6) is 5.75 Å². The van der Waals surface area contributed by atoms with Crippen LogP contribution in [0.15, 0.2) is 18.3 Å². The molecule has 1 saturated carbocycles. The van der Waals surface area contributed by atoms with Gasteiger partial charge in [-0.25, -0.2) is 0 Å². The minimum atomic E-state index is 0.228. The molecule has 1 aromatic heterocycles. The molecule has 0 amide bonds. The smallest absolute Gasteiger partial charge is 0.133 e. The molecule has 1 aromatic rings. The molecule has 0 spiro atoms. The maximum Gasteiger partial charge on any atom is 0.133 e. The predicted molar refractivity (Wildman–Crippen MR) is 50.5 cm³/mol. The summed E-state index contributed by atoms with van der Waals surface area (Å²) in [7, 11) is 0. The molecule has 1 fully saturated rings. The van der Waals surface area contributed by atoms with E-state index in [1.807, 2.05) is 6.07 Å². The van der Waals surface area contributed by atoms with E-state index in [1.165, 1.54) is 6.20 Å². The number of nitrogens with zero attached hydrogens (tertiary/aromatic N) is 1. The van der Waals surface area contributed by atoms with E-state index in [0.29, 0.717) is 12.0 Å². The summed E-state index contributed by atoms with van der Waals surface area (Å²) in [6.07, 6.45) is 4.74. The van der Waals surface area contributed by atoms with Crippen LogP contribution in [-0.2, 0) is 0 Å². The number of hydrogen-bond donors (Lipinski definition) is 2. The standard InChI is InChI=1S/C10H14N2O/c11-8-2-1-7(5-8)10-4-3-9(13)6-12-10/h3-4,6-8,13H,1-2,5,11H2. The average molecular weight is 178 g/mol. The van der Waals surface area contributed by atoms with Crippen molar-refractivity contribution in [3.8, 4) is 5.75 Å². The lowest BCUT2D eigenvalue weighted by Gasteiger charge is -2.07. The molecule has 13 heavy (non-hydrogen) atoms. The zero-order valence-electron chi connectivity index (χ0n) is 7.48. The first kappa shape index (κ1) is 8.51. The van der Waals surface area contributed by atoms with Crippen LogP contribution in [-0.4, -0.2) is 16.1 Å². The largest absolute Gasteiger partial charge is 0.506 e. The lowest BCUT2D eigenvalue weighted by Crippen LogP contribution is -2.14. The zero-order chi connectivity index (χ0) is 9.26. The Morgan fingerprint density at radius 3 is 2.77 bits per heavy atom. The van der Waals surface area contributed by atoms with Gasteiger partial charge in [-0.3, -0.25) is 4.98 Å². The molecule has 0 aromatic carbocycles. The van der Waals surface area contributed by atoms with Crippen molar-refractivity contribution < 1.29 is 5.11 Å². The fourth-order valence-electron chi connectivity index (χ4n) is 1.92. The average Bonchev–Trinajstić information content (AvgIpc) is 2.53.